The van der Waals surface area contributed by atoms with Gasteiger partial charge in [-0.2, -0.15) is 5.10 Å². The molecule has 0 amide bonds. The van der Waals surface area contributed by atoms with Crippen molar-refractivity contribution in [1.29, 1.82) is 0 Å². The second-order valence-electron chi connectivity index (χ2n) is 5.29. The summed E-state index contributed by atoms with van der Waals surface area (Å²) in [5, 5.41) is 11.7. The number of nitrogens with one attached hydrogen (secondary N) is 1. The minimum Gasteiger partial charge on any atom is -0.364 e. The molecule has 7 nitrogen and oxygen atoms in total. The highest BCUT2D eigenvalue weighted by Crippen LogP contribution is 2.13. The van der Waals surface area contributed by atoms with E-state index in [1.807, 2.05) is 36.7 Å². The van der Waals surface area contributed by atoms with Crippen LogP contribution in [0, 0.1) is 13.8 Å². The Labute approximate surface area is 154 Å². The molecule has 8 heteroatoms. The minimum absolute atomic E-state index is 0. The average Bonchev–Trinajstić information content (AvgIpc) is 3.06. The van der Waals surface area contributed by atoms with E-state index in [0.29, 0.717) is 13.1 Å². The number of hydrogen-bond acceptors (Lipinski definition) is 4. The van der Waals surface area contributed by atoms with Gasteiger partial charge in [0.25, 0.3) is 0 Å². The summed E-state index contributed by atoms with van der Waals surface area (Å²) in [6.07, 6.45) is 1.58. The van der Waals surface area contributed by atoms with Crippen molar-refractivity contribution >= 4 is 29.9 Å². The Kier molecular flexibility index (Phi) is 7.53. The smallest absolute Gasteiger partial charge is 0.194 e. The first-order valence-corrected chi connectivity index (χ1v) is 7.40. The first kappa shape index (κ1) is 19.5. The van der Waals surface area contributed by atoms with Gasteiger partial charge in [0.15, 0.2) is 5.96 Å². The van der Waals surface area contributed by atoms with Crippen molar-refractivity contribution in [2.45, 2.75) is 33.9 Å². The first-order chi connectivity index (χ1) is 10.5. The third-order valence-corrected chi connectivity index (χ3v) is 3.63. The summed E-state index contributed by atoms with van der Waals surface area (Å²) < 4.78 is 6.77. The third-order valence-electron chi connectivity index (χ3n) is 3.63. The number of nitrogens with zero attached hydrogens (tertiary/aromatic N) is 5. The van der Waals surface area contributed by atoms with Gasteiger partial charge in [0.05, 0.1) is 18.8 Å². The Hall–Kier alpha value is -1.58. The summed E-state index contributed by atoms with van der Waals surface area (Å²) in [6.45, 7) is 8.21. The van der Waals surface area contributed by atoms with E-state index in [4.69, 9.17) is 9.52 Å². The van der Waals surface area contributed by atoms with Crippen molar-refractivity contribution in [3.63, 3.8) is 0 Å². The van der Waals surface area contributed by atoms with Gasteiger partial charge in [-0.3, -0.25) is 4.68 Å². The fourth-order valence-electron chi connectivity index (χ4n) is 2.31. The van der Waals surface area contributed by atoms with E-state index in [2.05, 4.69) is 29.4 Å². The van der Waals surface area contributed by atoms with Crippen LogP contribution in [0.2, 0.25) is 0 Å². The molecule has 0 saturated heterocycles. The zero-order valence-corrected chi connectivity index (χ0v) is 16.7. The monoisotopic (exact) mass is 432 g/mol. The predicted octanol–water partition coefficient (Wildman–Crippen LogP) is 2.24. The van der Waals surface area contributed by atoms with E-state index in [1.165, 1.54) is 5.56 Å². The summed E-state index contributed by atoms with van der Waals surface area (Å²) in [7, 11) is 3.94. The summed E-state index contributed by atoms with van der Waals surface area (Å²) >= 11 is 0. The van der Waals surface area contributed by atoms with Crippen LogP contribution in [0.1, 0.15) is 29.6 Å². The highest BCUT2D eigenvalue weighted by atomic mass is 127. The van der Waals surface area contributed by atoms with E-state index in [0.717, 1.165) is 29.6 Å². The molecule has 0 radical (unpaired) electrons. The van der Waals surface area contributed by atoms with Crippen LogP contribution < -0.4 is 5.32 Å². The van der Waals surface area contributed by atoms with Gasteiger partial charge < -0.3 is 14.7 Å². The number of hydrogen-bond donors (Lipinski definition) is 1. The third kappa shape index (κ3) is 4.95. The SMILES string of the molecule is CCNC(=NCc1c(C)nn(C)c1C)N(C)Cc1ccon1.I. The highest BCUT2D eigenvalue weighted by Gasteiger charge is 2.11. The van der Waals surface area contributed by atoms with Crippen LogP contribution in [0.5, 0.6) is 0 Å². The van der Waals surface area contributed by atoms with Gasteiger partial charge in [-0.15, -0.1) is 24.0 Å². The maximum atomic E-state index is 4.87. The standard InChI is InChI=1S/C15H24N6O.HI/c1-6-16-15(20(4)10-13-7-8-22-19-13)17-9-14-11(2)18-21(5)12(14)3;/h7-8H,6,9-10H2,1-5H3,(H,16,17);1H. The molecule has 2 rings (SSSR count). The Bertz CT molecular complexity index is 635. The number of aromatic nitrogens is 3. The van der Waals surface area contributed by atoms with Crippen molar-refractivity contribution in [2.24, 2.45) is 12.0 Å². The molecular formula is C15H25IN6O. The van der Waals surface area contributed by atoms with Gasteiger partial charge in [0, 0.05) is 38.0 Å². The summed E-state index contributed by atoms with van der Waals surface area (Å²) in [5.41, 5.74) is 4.23. The van der Waals surface area contributed by atoms with E-state index >= 15 is 0 Å². The normalized spacial score (nSPS) is 11.3. The molecule has 0 aliphatic rings. The maximum Gasteiger partial charge on any atom is 0.194 e. The van der Waals surface area contributed by atoms with Crippen molar-refractivity contribution in [3.8, 4) is 0 Å². The van der Waals surface area contributed by atoms with E-state index in [9.17, 15) is 0 Å². The van der Waals surface area contributed by atoms with Crippen LogP contribution in [0.4, 0.5) is 0 Å². The Morgan fingerprint density at radius 3 is 2.70 bits per heavy atom. The maximum absolute atomic E-state index is 4.87. The van der Waals surface area contributed by atoms with Crippen molar-refractivity contribution in [2.75, 3.05) is 13.6 Å². The van der Waals surface area contributed by atoms with Gasteiger partial charge in [-0.1, -0.05) is 5.16 Å². The van der Waals surface area contributed by atoms with E-state index in [-0.39, 0.29) is 24.0 Å². The fraction of sp³-hybridized carbons (Fsp3) is 0.533. The van der Waals surface area contributed by atoms with Crippen LogP contribution in [-0.2, 0) is 20.1 Å². The molecule has 0 fully saturated rings. The predicted molar refractivity (Wildman–Crippen MR) is 101 cm³/mol. The van der Waals surface area contributed by atoms with Crippen molar-refractivity contribution in [1.82, 2.24) is 25.2 Å². The van der Waals surface area contributed by atoms with E-state index < -0.39 is 0 Å². The molecule has 0 saturated carbocycles. The number of halogens is 1. The average molecular weight is 432 g/mol. The van der Waals surface area contributed by atoms with Gasteiger partial charge in [-0.25, -0.2) is 4.99 Å². The molecule has 1 N–H and O–H groups in total. The quantitative estimate of drug-likeness (QED) is 0.446. The lowest BCUT2D eigenvalue weighted by Gasteiger charge is -2.20. The molecule has 0 atom stereocenters. The lowest BCUT2D eigenvalue weighted by atomic mass is 10.2. The Morgan fingerprint density at radius 2 is 2.17 bits per heavy atom. The molecule has 0 aliphatic heterocycles. The Balaban J connectivity index is 0.00000264. The van der Waals surface area contributed by atoms with Crippen LogP contribution in [-0.4, -0.2) is 39.4 Å². The van der Waals surface area contributed by atoms with Gasteiger partial charge in [0.1, 0.15) is 12.0 Å². The zero-order valence-electron chi connectivity index (χ0n) is 14.3. The topological polar surface area (TPSA) is 71.5 Å². The summed E-state index contributed by atoms with van der Waals surface area (Å²) in [5.74, 6) is 0.841. The number of guanidine groups is 1. The van der Waals surface area contributed by atoms with Crippen LogP contribution in [0.15, 0.2) is 21.8 Å². The molecule has 2 heterocycles. The molecule has 0 aromatic carbocycles. The number of aryl methyl sites for hydroxylation is 2. The lowest BCUT2D eigenvalue weighted by molar-refractivity contribution is 0.391. The van der Waals surface area contributed by atoms with Crippen molar-refractivity contribution in [3.05, 3.63) is 35.0 Å². The van der Waals surface area contributed by atoms with Crippen LogP contribution in [0.3, 0.4) is 0 Å². The Morgan fingerprint density at radius 1 is 1.43 bits per heavy atom. The second kappa shape index (κ2) is 8.90. The lowest BCUT2D eigenvalue weighted by Crippen LogP contribution is -2.38. The fourth-order valence-corrected chi connectivity index (χ4v) is 2.31. The molecule has 23 heavy (non-hydrogen) atoms. The number of rotatable bonds is 5. The van der Waals surface area contributed by atoms with Gasteiger partial charge in [-0.05, 0) is 20.8 Å². The molecule has 128 valence electrons. The van der Waals surface area contributed by atoms with Crippen molar-refractivity contribution < 1.29 is 4.52 Å². The molecular weight excluding hydrogens is 407 g/mol. The molecule has 0 unspecified atom stereocenters. The van der Waals surface area contributed by atoms with Gasteiger partial charge >= 0.3 is 0 Å². The minimum atomic E-state index is 0. The van der Waals surface area contributed by atoms with Crippen LogP contribution >= 0.6 is 24.0 Å². The summed E-state index contributed by atoms with van der Waals surface area (Å²) in [6, 6.07) is 1.86. The summed E-state index contributed by atoms with van der Waals surface area (Å²) in [4.78, 5) is 6.75. The highest BCUT2D eigenvalue weighted by molar-refractivity contribution is 14.0. The van der Waals surface area contributed by atoms with Gasteiger partial charge in [0.2, 0.25) is 0 Å². The zero-order chi connectivity index (χ0) is 16.1. The molecule has 0 bridgehead atoms. The molecule has 0 spiro atoms. The molecule has 0 aliphatic carbocycles. The second-order valence-corrected chi connectivity index (χ2v) is 5.29. The van der Waals surface area contributed by atoms with E-state index in [1.54, 1.807) is 6.26 Å². The largest absolute Gasteiger partial charge is 0.364 e. The molecule has 2 aromatic rings. The van der Waals surface area contributed by atoms with Crippen LogP contribution in [0.25, 0.3) is 0 Å². The first-order valence-electron chi connectivity index (χ1n) is 7.40. The molecule has 2 aromatic heterocycles. The number of aliphatic imine (C=N–C) groups is 1.